The molecule has 0 saturated carbocycles. The second-order valence-corrected chi connectivity index (χ2v) is 6.34. The molecule has 2 rings (SSSR count). The molecule has 0 radical (unpaired) electrons. The fourth-order valence-corrected chi connectivity index (χ4v) is 3.39. The number of hydrogen-bond donors (Lipinski definition) is 2. The van der Waals surface area contributed by atoms with Gasteiger partial charge in [-0.1, -0.05) is 13.0 Å². The molecule has 0 aromatic heterocycles. The van der Waals surface area contributed by atoms with Crippen LogP contribution in [0.5, 0.6) is 0 Å². The molecule has 0 aromatic rings. The number of nitrogens with two attached hydrogens (primary N) is 1. The van der Waals surface area contributed by atoms with Gasteiger partial charge < -0.3 is 20.3 Å². The highest BCUT2D eigenvalue weighted by Crippen LogP contribution is 2.29. The van der Waals surface area contributed by atoms with Crippen molar-refractivity contribution in [3.63, 3.8) is 0 Å². The standard InChI is InChI=1S/C16H28N2O4/c1-11-14(17)8-12(16(19)20)9-15(11)18-5-3-4-13(10-18)22-7-6-21-2/h9,11,13-15H,3-8,10,17H2,1-2H3,(H,19,20)/t11-,13-,14+,15-/m1/s1. The van der Waals surface area contributed by atoms with Gasteiger partial charge in [0.2, 0.25) is 0 Å². The van der Waals surface area contributed by atoms with Crippen molar-refractivity contribution < 1.29 is 19.4 Å². The van der Waals surface area contributed by atoms with E-state index in [1.807, 2.05) is 6.08 Å². The van der Waals surface area contributed by atoms with Crippen molar-refractivity contribution in [3.05, 3.63) is 11.6 Å². The van der Waals surface area contributed by atoms with Crippen LogP contribution < -0.4 is 5.73 Å². The van der Waals surface area contributed by atoms with E-state index in [1.54, 1.807) is 7.11 Å². The number of carboxylic acid groups (broad SMARTS) is 1. The highest BCUT2D eigenvalue weighted by Gasteiger charge is 2.35. The van der Waals surface area contributed by atoms with Crippen LogP contribution in [0.3, 0.4) is 0 Å². The van der Waals surface area contributed by atoms with Crippen molar-refractivity contribution in [2.24, 2.45) is 11.7 Å². The normalized spacial score (nSPS) is 33.5. The smallest absolute Gasteiger partial charge is 0.331 e. The van der Waals surface area contributed by atoms with Crippen LogP contribution >= 0.6 is 0 Å². The Hall–Kier alpha value is -0.950. The summed E-state index contributed by atoms with van der Waals surface area (Å²) in [6.45, 7) is 5.11. The SMILES string of the molecule is COCCO[C@@H]1CCCN([C@@H]2C=C(C(=O)O)C[C@H](N)[C@H]2C)C1. The minimum atomic E-state index is -0.850. The second-order valence-electron chi connectivity index (χ2n) is 6.34. The van der Waals surface area contributed by atoms with Gasteiger partial charge in [0, 0.05) is 31.3 Å². The Morgan fingerprint density at radius 1 is 1.50 bits per heavy atom. The van der Waals surface area contributed by atoms with Gasteiger partial charge in [-0.15, -0.1) is 0 Å². The average Bonchev–Trinajstić information content (AvgIpc) is 2.50. The van der Waals surface area contributed by atoms with E-state index in [4.69, 9.17) is 15.2 Å². The largest absolute Gasteiger partial charge is 0.478 e. The molecule has 0 amide bonds. The van der Waals surface area contributed by atoms with E-state index in [1.165, 1.54) is 0 Å². The zero-order valence-electron chi connectivity index (χ0n) is 13.5. The summed E-state index contributed by atoms with van der Waals surface area (Å²) in [5.41, 5.74) is 6.60. The van der Waals surface area contributed by atoms with Gasteiger partial charge in [0.25, 0.3) is 0 Å². The predicted octanol–water partition coefficient (Wildman–Crippen LogP) is 0.861. The zero-order valence-corrected chi connectivity index (χ0v) is 13.5. The van der Waals surface area contributed by atoms with Gasteiger partial charge in [-0.05, 0) is 31.7 Å². The lowest BCUT2D eigenvalue weighted by atomic mass is 9.81. The number of likely N-dealkylation sites (tertiary alicyclic amines) is 1. The highest BCUT2D eigenvalue weighted by atomic mass is 16.5. The van der Waals surface area contributed by atoms with E-state index in [9.17, 15) is 9.90 Å². The number of hydrogen-bond acceptors (Lipinski definition) is 5. The third-order valence-electron chi connectivity index (χ3n) is 4.79. The number of nitrogens with zero attached hydrogens (tertiary/aromatic N) is 1. The number of methoxy groups -OCH3 is 1. The van der Waals surface area contributed by atoms with Crippen LogP contribution in [0.4, 0.5) is 0 Å². The van der Waals surface area contributed by atoms with Crippen LogP contribution in [-0.4, -0.2) is 67.6 Å². The monoisotopic (exact) mass is 312 g/mol. The van der Waals surface area contributed by atoms with Crippen molar-refractivity contribution in [2.75, 3.05) is 33.4 Å². The summed E-state index contributed by atoms with van der Waals surface area (Å²) in [5.74, 6) is -0.599. The topological polar surface area (TPSA) is 85.0 Å². The average molecular weight is 312 g/mol. The van der Waals surface area contributed by atoms with E-state index >= 15 is 0 Å². The maximum Gasteiger partial charge on any atom is 0.331 e. The van der Waals surface area contributed by atoms with Crippen LogP contribution in [0, 0.1) is 5.92 Å². The van der Waals surface area contributed by atoms with Crippen molar-refractivity contribution in [1.82, 2.24) is 4.90 Å². The molecular weight excluding hydrogens is 284 g/mol. The van der Waals surface area contributed by atoms with E-state index < -0.39 is 5.97 Å². The highest BCUT2D eigenvalue weighted by molar-refractivity contribution is 5.87. The van der Waals surface area contributed by atoms with Crippen molar-refractivity contribution in [1.29, 1.82) is 0 Å². The lowest BCUT2D eigenvalue weighted by Crippen LogP contribution is -2.52. The molecule has 0 aromatic carbocycles. The summed E-state index contributed by atoms with van der Waals surface area (Å²) >= 11 is 0. The van der Waals surface area contributed by atoms with Gasteiger partial charge in [-0.25, -0.2) is 4.79 Å². The quantitative estimate of drug-likeness (QED) is 0.708. The molecule has 1 heterocycles. The molecular formula is C16H28N2O4. The Balaban J connectivity index is 2.01. The van der Waals surface area contributed by atoms with Crippen molar-refractivity contribution >= 4 is 5.97 Å². The molecule has 6 nitrogen and oxygen atoms in total. The number of carboxylic acids is 1. The summed E-state index contributed by atoms with van der Waals surface area (Å²) in [6.07, 6.45) is 4.65. The first-order valence-electron chi connectivity index (χ1n) is 8.07. The van der Waals surface area contributed by atoms with E-state index in [-0.39, 0.29) is 24.1 Å². The van der Waals surface area contributed by atoms with Crippen LogP contribution in [0.1, 0.15) is 26.2 Å². The first-order chi connectivity index (χ1) is 10.5. The minimum Gasteiger partial charge on any atom is -0.478 e. The Morgan fingerprint density at radius 2 is 2.27 bits per heavy atom. The zero-order chi connectivity index (χ0) is 16.1. The van der Waals surface area contributed by atoms with Crippen LogP contribution in [0.25, 0.3) is 0 Å². The first kappa shape index (κ1) is 17.4. The Morgan fingerprint density at radius 3 is 2.95 bits per heavy atom. The van der Waals surface area contributed by atoms with Crippen LogP contribution in [-0.2, 0) is 14.3 Å². The molecule has 1 saturated heterocycles. The summed E-state index contributed by atoms with van der Waals surface area (Å²) < 4.78 is 10.9. The molecule has 1 fully saturated rings. The molecule has 0 bridgehead atoms. The third-order valence-corrected chi connectivity index (χ3v) is 4.79. The number of piperidine rings is 1. The fourth-order valence-electron chi connectivity index (χ4n) is 3.39. The maximum atomic E-state index is 11.3. The van der Waals surface area contributed by atoms with Gasteiger partial charge >= 0.3 is 5.97 Å². The molecule has 6 heteroatoms. The number of ether oxygens (including phenoxy) is 2. The van der Waals surface area contributed by atoms with Crippen molar-refractivity contribution in [3.8, 4) is 0 Å². The molecule has 0 spiro atoms. The van der Waals surface area contributed by atoms with Gasteiger partial charge in [0.05, 0.1) is 19.3 Å². The summed E-state index contributed by atoms with van der Waals surface area (Å²) in [7, 11) is 1.67. The molecule has 0 unspecified atom stereocenters. The van der Waals surface area contributed by atoms with Gasteiger partial charge in [-0.2, -0.15) is 0 Å². The molecule has 2 aliphatic rings. The van der Waals surface area contributed by atoms with Gasteiger partial charge in [0.1, 0.15) is 0 Å². The molecule has 4 atom stereocenters. The lowest BCUT2D eigenvalue weighted by Gasteiger charge is -2.43. The predicted molar refractivity (Wildman–Crippen MR) is 83.7 cm³/mol. The molecule has 1 aliphatic heterocycles. The minimum absolute atomic E-state index is 0.0867. The first-order valence-corrected chi connectivity index (χ1v) is 8.07. The van der Waals surface area contributed by atoms with E-state index in [0.717, 1.165) is 25.9 Å². The van der Waals surface area contributed by atoms with Crippen LogP contribution in [0.2, 0.25) is 0 Å². The summed E-state index contributed by atoms with van der Waals surface area (Å²) in [4.78, 5) is 13.6. The summed E-state index contributed by atoms with van der Waals surface area (Å²) in [5, 5.41) is 9.27. The number of carbonyl (C=O) groups is 1. The van der Waals surface area contributed by atoms with E-state index in [2.05, 4.69) is 11.8 Å². The van der Waals surface area contributed by atoms with Gasteiger partial charge in [-0.3, -0.25) is 4.90 Å². The molecule has 1 aliphatic carbocycles. The number of aliphatic carboxylic acids is 1. The lowest BCUT2D eigenvalue weighted by molar-refractivity contribution is -0.133. The van der Waals surface area contributed by atoms with Crippen LogP contribution in [0.15, 0.2) is 11.6 Å². The molecule has 22 heavy (non-hydrogen) atoms. The fraction of sp³-hybridized carbons (Fsp3) is 0.812. The van der Waals surface area contributed by atoms with Crippen molar-refractivity contribution in [2.45, 2.75) is 44.4 Å². The summed E-state index contributed by atoms with van der Waals surface area (Å²) in [6, 6.07) is -0.0143. The second kappa shape index (κ2) is 8.06. The maximum absolute atomic E-state index is 11.3. The Bertz CT molecular complexity index is 413. The van der Waals surface area contributed by atoms with Gasteiger partial charge in [0.15, 0.2) is 0 Å². The number of rotatable bonds is 6. The Kier molecular flexibility index (Phi) is 6.37. The third kappa shape index (κ3) is 4.29. The molecule has 126 valence electrons. The molecule has 3 N–H and O–H groups in total. The Labute approximate surface area is 132 Å². The van der Waals surface area contributed by atoms with E-state index in [0.29, 0.717) is 25.2 Å².